The highest BCUT2D eigenvalue weighted by atomic mass is 32.2. The van der Waals surface area contributed by atoms with Crippen molar-refractivity contribution in [3.05, 3.63) is 30.1 Å². The lowest BCUT2D eigenvalue weighted by molar-refractivity contribution is 0.129. The maximum Gasteiger partial charge on any atom is 0.246 e. The van der Waals surface area contributed by atoms with Gasteiger partial charge >= 0.3 is 0 Å². The minimum Gasteiger partial charge on any atom is -0.393 e. The van der Waals surface area contributed by atoms with Gasteiger partial charge < -0.3 is 5.11 Å². The van der Waals surface area contributed by atoms with Crippen molar-refractivity contribution in [2.45, 2.75) is 23.8 Å². The predicted molar refractivity (Wildman–Crippen MR) is 67.4 cm³/mol. The molecule has 2 fully saturated rings. The van der Waals surface area contributed by atoms with Crippen LogP contribution >= 0.6 is 0 Å². The van der Waals surface area contributed by atoms with Crippen LogP contribution in [-0.4, -0.2) is 37.0 Å². The van der Waals surface area contributed by atoms with Crippen LogP contribution in [0.25, 0.3) is 0 Å². The van der Waals surface area contributed by atoms with Gasteiger partial charge in [-0.2, -0.15) is 4.31 Å². The van der Waals surface area contributed by atoms with Gasteiger partial charge in [-0.3, -0.25) is 0 Å². The van der Waals surface area contributed by atoms with Crippen molar-refractivity contribution in [1.82, 2.24) is 4.31 Å². The van der Waals surface area contributed by atoms with Gasteiger partial charge in [0.2, 0.25) is 10.0 Å². The normalized spacial score (nSPS) is 31.6. The van der Waals surface area contributed by atoms with Crippen molar-refractivity contribution in [1.29, 1.82) is 0 Å². The molecule has 4 nitrogen and oxygen atoms in total. The van der Waals surface area contributed by atoms with E-state index in [2.05, 4.69) is 0 Å². The summed E-state index contributed by atoms with van der Waals surface area (Å²) in [5.41, 5.74) is 0. The lowest BCUT2D eigenvalue weighted by atomic mass is 10.00. The van der Waals surface area contributed by atoms with Crippen molar-refractivity contribution >= 4 is 10.0 Å². The maximum absolute atomic E-state index is 13.7. The Labute approximate surface area is 111 Å². The molecule has 19 heavy (non-hydrogen) atoms. The number of sulfonamides is 1. The molecule has 0 aromatic heterocycles. The van der Waals surface area contributed by atoms with Gasteiger partial charge in [-0.05, 0) is 30.9 Å². The van der Waals surface area contributed by atoms with Crippen molar-refractivity contribution in [2.24, 2.45) is 11.8 Å². The largest absolute Gasteiger partial charge is 0.393 e. The van der Waals surface area contributed by atoms with Crippen LogP contribution < -0.4 is 0 Å². The number of hydrogen-bond donors (Lipinski definition) is 1. The number of nitrogens with zero attached hydrogens (tertiary/aromatic N) is 1. The molecular weight excluding hydrogens is 269 g/mol. The lowest BCUT2D eigenvalue weighted by Gasteiger charge is -2.18. The Morgan fingerprint density at radius 1 is 1.21 bits per heavy atom. The van der Waals surface area contributed by atoms with Crippen LogP contribution in [0.1, 0.15) is 12.8 Å². The fourth-order valence-electron chi connectivity index (χ4n) is 3.19. The van der Waals surface area contributed by atoms with Crippen LogP contribution in [0.15, 0.2) is 29.2 Å². The molecule has 1 saturated carbocycles. The smallest absolute Gasteiger partial charge is 0.246 e. The van der Waals surface area contributed by atoms with Crippen molar-refractivity contribution in [3.8, 4) is 0 Å². The molecule has 1 saturated heterocycles. The van der Waals surface area contributed by atoms with E-state index in [0.29, 0.717) is 13.1 Å². The number of hydrogen-bond acceptors (Lipinski definition) is 3. The summed E-state index contributed by atoms with van der Waals surface area (Å²) < 4.78 is 39.8. The minimum absolute atomic E-state index is 0.00143. The molecule has 6 heteroatoms. The van der Waals surface area contributed by atoms with Crippen molar-refractivity contribution < 1.29 is 17.9 Å². The molecule has 3 rings (SSSR count). The van der Waals surface area contributed by atoms with Crippen LogP contribution in [0.4, 0.5) is 4.39 Å². The highest BCUT2D eigenvalue weighted by molar-refractivity contribution is 7.89. The van der Waals surface area contributed by atoms with Crippen LogP contribution in [0, 0.1) is 17.7 Å². The first-order valence-corrected chi connectivity index (χ1v) is 7.87. The third kappa shape index (κ3) is 2.07. The highest BCUT2D eigenvalue weighted by Crippen LogP contribution is 2.40. The van der Waals surface area contributed by atoms with E-state index in [1.807, 2.05) is 0 Å². The molecular formula is C13H16FNO3S. The third-order valence-electron chi connectivity index (χ3n) is 4.24. The van der Waals surface area contributed by atoms with Gasteiger partial charge in [-0.25, -0.2) is 12.8 Å². The second kappa shape index (κ2) is 4.54. The molecule has 0 spiro atoms. The molecule has 2 aliphatic rings. The van der Waals surface area contributed by atoms with Gasteiger partial charge in [0.1, 0.15) is 10.7 Å². The predicted octanol–water partition coefficient (Wildman–Crippen LogP) is 1.22. The monoisotopic (exact) mass is 285 g/mol. The summed E-state index contributed by atoms with van der Waals surface area (Å²) in [4.78, 5) is -0.274. The van der Waals surface area contributed by atoms with E-state index in [-0.39, 0.29) is 16.7 Å². The summed E-state index contributed by atoms with van der Waals surface area (Å²) >= 11 is 0. The molecule has 1 aliphatic carbocycles. The number of rotatable bonds is 2. The zero-order valence-electron chi connectivity index (χ0n) is 10.4. The van der Waals surface area contributed by atoms with Crippen LogP contribution in [-0.2, 0) is 10.0 Å². The summed E-state index contributed by atoms with van der Waals surface area (Å²) in [5.74, 6) is -0.516. The summed E-state index contributed by atoms with van der Waals surface area (Å²) in [6.45, 7) is 0.681. The Kier molecular flexibility index (Phi) is 3.11. The van der Waals surface area contributed by atoms with Crippen LogP contribution in [0.3, 0.4) is 0 Å². The Morgan fingerprint density at radius 2 is 1.95 bits per heavy atom. The van der Waals surface area contributed by atoms with Gasteiger partial charge in [0.25, 0.3) is 0 Å². The van der Waals surface area contributed by atoms with Gasteiger partial charge in [-0.1, -0.05) is 12.1 Å². The Bertz CT molecular complexity index is 589. The summed E-state index contributed by atoms with van der Waals surface area (Å²) in [6.07, 6.45) is 1.16. The number of halogens is 1. The molecule has 1 N–H and O–H groups in total. The Balaban J connectivity index is 1.89. The van der Waals surface area contributed by atoms with E-state index in [1.54, 1.807) is 0 Å². The first kappa shape index (κ1) is 13.0. The number of aliphatic hydroxyl groups is 1. The molecule has 0 amide bonds. The molecule has 1 aromatic carbocycles. The SMILES string of the molecule is O=S(=O)(c1ccccc1F)N1CC2CCC(O)C2C1. The van der Waals surface area contributed by atoms with Gasteiger partial charge in [0, 0.05) is 19.0 Å². The molecule has 1 aliphatic heterocycles. The average molecular weight is 285 g/mol. The fourth-order valence-corrected chi connectivity index (χ4v) is 4.78. The topological polar surface area (TPSA) is 57.6 Å². The Morgan fingerprint density at radius 3 is 2.63 bits per heavy atom. The second-order valence-corrected chi connectivity index (χ2v) is 7.23. The highest BCUT2D eigenvalue weighted by Gasteiger charge is 2.46. The molecule has 3 unspecified atom stereocenters. The van der Waals surface area contributed by atoms with Crippen molar-refractivity contribution in [2.75, 3.05) is 13.1 Å². The quantitative estimate of drug-likeness (QED) is 0.889. The third-order valence-corrected chi connectivity index (χ3v) is 6.10. The summed E-state index contributed by atoms with van der Waals surface area (Å²) in [5, 5.41) is 9.81. The Hall–Kier alpha value is -0.980. The summed E-state index contributed by atoms with van der Waals surface area (Å²) in [6, 6.07) is 5.42. The molecule has 0 radical (unpaired) electrons. The van der Waals surface area contributed by atoms with E-state index >= 15 is 0 Å². The zero-order chi connectivity index (χ0) is 13.6. The molecule has 104 valence electrons. The van der Waals surface area contributed by atoms with Crippen LogP contribution in [0.2, 0.25) is 0 Å². The van der Waals surface area contributed by atoms with E-state index in [1.165, 1.54) is 22.5 Å². The number of fused-ring (bicyclic) bond motifs is 1. The minimum atomic E-state index is -3.79. The van der Waals surface area contributed by atoms with E-state index in [4.69, 9.17) is 0 Å². The average Bonchev–Trinajstić information content (AvgIpc) is 2.93. The molecule has 0 bridgehead atoms. The second-order valence-electron chi connectivity index (χ2n) is 5.32. The standard InChI is InChI=1S/C13H16FNO3S/c14-11-3-1-2-4-13(11)19(17,18)15-7-9-5-6-12(16)10(9)8-15/h1-4,9-10,12,16H,5-8H2. The van der Waals surface area contributed by atoms with Gasteiger partial charge in [-0.15, -0.1) is 0 Å². The fraction of sp³-hybridized carbons (Fsp3) is 0.538. The molecule has 1 aromatic rings. The van der Waals surface area contributed by atoms with Gasteiger partial charge in [0.15, 0.2) is 0 Å². The van der Waals surface area contributed by atoms with E-state index in [9.17, 15) is 17.9 Å². The first-order valence-electron chi connectivity index (χ1n) is 6.43. The maximum atomic E-state index is 13.7. The van der Waals surface area contributed by atoms with Crippen LogP contribution in [0.5, 0.6) is 0 Å². The number of aliphatic hydroxyl groups excluding tert-OH is 1. The molecule has 1 heterocycles. The van der Waals surface area contributed by atoms with E-state index < -0.39 is 21.9 Å². The first-order chi connectivity index (χ1) is 9.00. The zero-order valence-corrected chi connectivity index (χ0v) is 11.2. The van der Waals surface area contributed by atoms with Crippen molar-refractivity contribution in [3.63, 3.8) is 0 Å². The summed E-state index contributed by atoms with van der Waals surface area (Å²) in [7, 11) is -3.79. The number of benzene rings is 1. The van der Waals surface area contributed by atoms with Gasteiger partial charge in [0.05, 0.1) is 6.10 Å². The molecule has 3 atom stereocenters. The van der Waals surface area contributed by atoms with E-state index in [0.717, 1.165) is 18.9 Å². The lowest BCUT2D eigenvalue weighted by Crippen LogP contribution is -2.31.